The highest BCUT2D eigenvalue weighted by molar-refractivity contribution is 7.99. The highest BCUT2D eigenvalue weighted by Gasteiger charge is 2.21. The van der Waals surface area contributed by atoms with Crippen LogP contribution in [-0.4, -0.2) is 32.9 Å². The molecule has 0 amide bonds. The molecule has 4 heterocycles. The highest BCUT2D eigenvalue weighted by atomic mass is 32.2. The molecular formula is C30H33N5S. The van der Waals surface area contributed by atoms with Crippen LogP contribution in [0.4, 0.5) is 5.82 Å². The lowest BCUT2D eigenvalue weighted by Crippen LogP contribution is -2.35. The molecule has 0 spiro atoms. The van der Waals surface area contributed by atoms with Crippen LogP contribution in [0.1, 0.15) is 49.8 Å². The number of nitriles is 1. The second kappa shape index (κ2) is 11.2. The maximum Gasteiger partial charge on any atom is 0.128 e. The molecule has 1 aliphatic rings. The zero-order valence-corrected chi connectivity index (χ0v) is 21.9. The third-order valence-electron chi connectivity index (χ3n) is 6.95. The second-order valence-corrected chi connectivity index (χ2v) is 11.3. The Hall–Kier alpha value is -3.30. The second-order valence-electron chi connectivity index (χ2n) is 10.0. The summed E-state index contributed by atoms with van der Waals surface area (Å²) < 4.78 is 1.86. The van der Waals surface area contributed by atoms with Crippen LogP contribution in [0.15, 0.2) is 67.1 Å². The maximum absolute atomic E-state index is 9.65. The number of hydrogen-bond acceptors (Lipinski definition) is 5. The number of piperidine rings is 1. The van der Waals surface area contributed by atoms with Crippen molar-refractivity contribution in [3.63, 3.8) is 0 Å². The molecule has 3 aromatic heterocycles. The van der Waals surface area contributed by atoms with Crippen molar-refractivity contribution < 1.29 is 0 Å². The summed E-state index contributed by atoms with van der Waals surface area (Å²) in [5.41, 5.74) is 6.15. The van der Waals surface area contributed by atoms with E-state index in [1.165, 1.54) is 24.0 Å². The summed E-state index contributed by atoms with van der Waals surface area (Å²) in [5.74, 6) is 2.76. The first kappa shape index (κ1) is 24.4. The van der Waals surface area contributed by atoms with E-state index in [4.69, 9.17) is 4.98 Å². The predicted molar refractivity (Wildman–Crippen MR) is 149 cm³/mol. The molecule has 184 valence electrons. The molecule has 1 aromatic carbocycles. The predicted octanol–water partition coefficient (Wildman–Crippen LogP) is 6.76. The number of rotatable bonds is 8. The van der Waals surface area contributed by atoms with E-state index in [-0.39, 0.29) is 0 Å². The molecule has 0 radical (unpaired) electrons. The normalized spacial score (nSPS) is 14.4. The van der Waals surface area contributed by atoms with Gasteiger partial charge in [0.25, 0.3) is 0 Å². The molecule has 0 atom stereocenters. The van der Waals surface area contributed by atoms with E-state index >= 15 is 0 Å². The minimum atomic E-state index is 0.597. The summed E-state index contributed by atoms with van der Waals surface area (Å²) in [5, 5.41) is 14.8. The number of nitrogens with zero attached hydrogens (tertiary/aromatic N) is 5. The lowest BCUT2D eigenvalue weighted by atomic mass is 9.99. The van der Waals surface area contributed by atoms with Crippen molar-refractivity contribution in [3.8, 4) is 17.2 Å². The first-order chi connectivity index (χ1) is 17.6. The number of aryl methyl sites for hydroxylation is 1. The van der Waals surface area contributed by atoms with E-state index in [1.54, 1.807) is 6.20 Å². The van der Waals surface area contributed by atoms with Crippen molar-refractivity contribution >= 4 is 23.1 Å². The Morgan fingerprint density at radius 1 is 1.06 bits per heavy atom. The summed E-state index contributed by atoms with van der Waals surface area (Å²) in [4.78, 5) is 7.25. The van der Waals surface area contributed by atoms with E-state index in [0.29, 0.717) is 16.7 Å². The summed E-state index contributed by atoms with van der Waals surface area (Å²) >= 11 is 2.08. The van der Waals surface area contributed by atoms with Crippen LogP contribution >= 0.6 is 11.8 Å². The van der Waals surface area contributed by atoms with Gasteiger partial charge in [-0.2, -0.15) is 22.1 Å². The van der Waals surface area contributed by atoms with Gasteiger partial charge in [0.2, 0.25) is 0 Å². The third-order valence-corrected chi connectivity index (χ3v) is 8.40. The lowest BCUT2D eigenvalue weighted by molar-refractivity contribution is 0.585. The summed E-state index contributed by atoms with van der Waals surface area (Å²) in [7, 11) is 0. The Bertz CT molecular complexity index is 1330. The van der Waals surface area contributed by atoms with Gasteiger partial charge in [-0.1, -0.05) is 44.2 Å². The van der Waals surface area contributed by atoms with Gasteiger partial charge in [-0.05, 0) is 60.9 Å². The van der Waals surface area contributed by atoms with Crippen molar-refractivity contribution in [2.45, 2.75) is 50.5 Å². The van der Waals surface area contributed by atoms with Crippen LogP contribution in [0.25, 0.3) is 16.6 Å². The molecule has 5 rings (SSSR count). The van der Waals surface area contributed by atoms with Crippen LogP contribution < -0.4 is 4.90 Å². The topological polar surface area (TPSA) is 57.2 Å². The molecule has 1 saturated heterocycles. The molecule has 6 heteroatoms. The van der Waals surface area contributed by atoms with Crippen LogP contribution in [0.5, 0.6) is 0 Å². The van der Waals surface area contributed by atoms with Gasteiger partial charge in [0, 0.05) is 47.6 Å². The Balaban J connectivity index is 1.29. The zero-order valence-electron chi connectivity index (χ0n) is 21.1. The number of aromatic nitrogens is 3. The smallest absolute Gasteiger partial charge is 0.128 e. The fourth-order valence-electron chi connectivity index (χ4n) is 4.84. The molecular weight excluding hydrogens is 462 g/mol. The van der Waals surface area contributed by atoms with Crippen molar-refractivity contribution in [1.82, 2.24) is 14.6 Å². The van der Waals surface area contributed by atoms with E-state index < -0.39 is 0 Å². The largest absolute Gasteiger partial charge is 0.357 e. The standard InChI is InChI=1S/C30H33N5S/c1-22(2)8-9-24-16-28(30-26(17-31)19-33-35(30)20-24)25-10-11-29(32-18-25)34-14-12-27(13-15-34)36-21-23-6-4-3-5-7-23/h3-7,10-11,16,18-20,22,27H,8-9,12-15,21H2,1-2H3. The number of anilines is 1. The minimum Gasteiger partial charge on any atom is -0.357 e. The van der Waals surface area contributed by atoms with Gasteiger partial charge in [-0.15, -0.1) is 0 Å². The van der Waals surface area contributed by atoms with Gasteiger partial charge >= 0.3 is 0 Å². The van der Waals surface area contributed by atoms with E-state index in [1.807, 2.05) is 10.7 Å². The Labute approximate surface area is 218 Å². The molecule has 1 fully saturated rings. The van der Waals surface area contributed by atoms with Gasteiger partial charge in [0.1, 0.15) is 11.9 Å². The molecule has 4 aromatic rings. The van der Waals surface area contributed by atoms with Gasteiger partial charge in [-0.3, -0.25) is 0 Å². The maximum atomic E-state index is 9.65. The van der Waals surface area contributed by atoms with E-state index in [9.17, 15) is 5.26 Å². The number of hydrogen-bond donors (Lipinski definition) is 0. The van der Waals surface area contributed by atoms with Crippen LogP contribution in [0.2, 0.25) is 0 Å². The number of thioether (sulfide) groups is 1. The van der Waals surface area contributed by atoms with Crippen LogP contribution in [0.3, 0.4) is 0 Å². The summed E-state index contributed by atoms with van der Waals surface area (Å²) in [6.45, 7) is 6.56. The summed E-state index contributed by atoms with van der Waals surface area (Å²) in [6.07, 6.45) is 10.2. The number of pyridine rings is 2. The highest BCUT2D eigenvalue weighted by Crippen LogP contribution is 2.31. The number of benzene rings is 1. The van der Waals surface area contributed by atoms with Gasteiger partial charge in [-0.25, -0.2) is 9.50 Å². The van der Waals surface area contributed by atoms with Gasteiger partial charge in [0.05, 0.1) is 17.3 Å². The fourth-order valence-corrected chi connectivity index (χ4v) is 6.01. The van der Waals surface area contributed by atoms with Crippen molar-refractivity contribution in [3.05, 3.63) is 83.8 Å². The molecule has 0 unspecified atom stereocenters. The monoisotopic (exact) mass is 495 g/mol. The van der Waals surface area contributed by atoms with Crippen molar-refractivity contribution in [2.75, 3.05) is 18.0 Å². The van der Waals surface area contributed by atoms with Crippen molar-refractivity contribution in [1.29, 1.82) is 5.26 Å². The molecule has 0 N–H and O–H groups in total. The average molecular weight is 496 g/mol. The van der Waals surface area contributed by atoms with E-state index in [2.05, 4.69) is 96.4 Å². The quantitative estimate of drug-likeness (QED) is 0.270. The molecule has 1 aliphatic heterocycles. The van der Waals surface area contributed by atoms with Crippen LogP contribution in [-0.2, 0) is 12.2 Å². The van der Waals surface area contributed by atoms with Crippen LogP contribution in [0, 0.1) is 17.2 Å². The lowest BCUT2D eigenvalue weighted by Gasteiger charge is -2.32. The first-order valence-electron chi connectivity index (χ1n) is 12.9. The number of fused-ring (bicyclic) bond motifs is 1. The Morgan fingerprint density at radius 3 is 2.56 bits per heavy atom. The molecule has 5 nitrogen and oxygen atoms in total. The zero-order chi connectivity index (χ0) is 24.9. The average Bonchev–Trinajstić information content (AvgIpc) is 3.34. The molecule has 0 saturated carbocycles. The minimum absolute atomic E-state index is 0.597. The fraction of sp³-hybridized carbons (Fsp3) is 0.367. The third kappa shape index (κ3) is 5.57. The molecule has 0 bridgehead atoms. The van der Waals surface area contributed by atoms with Crippen molar-refractivity contribution in [2.24, 2.45) is 5.92 Å². The molecule has 36 heavy (non-hydrogen) atoms. The summed E-state index contributed by atoms with van der Waals surface area (Å²) in [6, 6.07) is 19.5. The first-order valence-corrected chi connectivity index (χ1v) is 13.9. The molecule has 0 aliphatic carbocycles. The van der Waals surface area contributed by atoms with Gasteiger partial charge < -0.3 is 4.90 Å². The van der Waals surface area contributed by atoms with Gasteiger partial charge in [0.15, 0.2) is 0 Å². The Kier molecular flexibility index (Phi) is 7.58. The SMILES string of the molecule is CC(C)CCc1cc(-c2ccc(N3CCC(SCc4ccccc4)CC3)nc2)c2c(C#N)cnn2c1. The Morgan fingerprint density at radius 2 is 1.86 bits per heavy atom. The van der Waals surface area contributed by atoms with E-state index in [0.717, 1.165) is 54.1 Å².